The maximum atomic E-state index is 13.0. The summed E-state index contributed by atoms with van der Waals surface area (Å²) in [5.74, 6) is -0.262. The largest absolute Gasteiger partial charge is 0.472 e. The van der Waals surface area contributed by atoms with E-state index in [1.54, 1.807) is 0 Å². The quantitative estimate of drug-likeness (QED) is 0.0722. The molecule has 24 nitrogen and oxygen atoms in total. The molecule has 0 aliphatic carbocycles. The van der Waals surface area contributed by atoms with Crippen molar-refractivity contribution in [3.63, 3.8) is 0 Å². The van der Waals surface area contributed by atoms with Crippen LogP contribution in [-0.4, -0.2) is 119 Å². The number of nitrogens with one attached hydrogen (secondary N) is 2. The number of fused-ring (bicyclic) bond motifs is 2. The third-order valence-corrected chi connectivity index (χ3v) is 8.55. The van der Waals surface area contributed by atoms with Gasteiger partial charge in [-0.15, -0.1) is 0 Å². The van der Waals surface area contributed by atoms with E-state index < -0.39 is 89.1 Å². The zero-order valence-corrected chi connectivity index (χ0v) is 24.6. The Morgan fingerprint density at radius 2 is 1.46 bits per heavy atom. The van der Waals surface area contributed by atoms with Crippen molar-refractivity contribution in [1.29, 1.82) is 0 Å². The number of rotatable bonds is 10. The summed E-state index contributed by atoms with van der Waals surface area (Å²) < 4.78 is 52.4. The minimum Gasteiger partial charge on any atom is -0.387 e. The van der Waals surface area contributed by atoms with E-state index in [9.17, 15) is 38.9 Å². The number of aromatic amines is 2. The van der Waals surface area contributed by atoms with E-state index in [1.807, 2.05) is 0 Å². The van der Waals surface area contributed by atoms with Crippen LogP contribution in [0.5, 0.6) is 0 Å². The Bertz CT molecular complexity index is 1970. The number of hydrogen-bond donors (Lipinski definition) is 9. The van der Waals surface area contributed by atoms with E-state index in [-0.39, 0.29) is 28.3 Å². The van der Waals surface area contributed by atoms with Gasteiger partial charge in [0.25, 0.3) is 11.1 Å². The Balaban J connectivity index is 1.18. The molecule has 9 atom stereocenters. The monoisotopic (exact) mass is 693 g/mol. The van der Waals surface area contributed by atoms with E-state index >= 15 is 0 Å². The van der Waals surface area contributed by atoms with Gasteiger partial charge in [0.2, 0.25) is 5.95 Å². The van der Waals surface area contributed by atoms with Crippen molar-refractivity contribution in [1.82, 2.24) is 39.0 Å². The first-order valence-electron chi connectivity index (χ1n) is 13.0. The van der Waals surface area contributed by atoms with E-state index in [0.717, 1.165) is 28.1 Å². The van der Waals surface area contributed by atoms with Crippen LogP contribution in [0.2, 0.25) is 0 Å². The van der Waals surface area contributed by atoms with Gasteiger partial charge in [-0.1, -0.05) is 0 Å². The number of aromatic nitrogens is 8. The number of phosphoric acid groups is 2. The molecule has 0 bridgehead atoms. The molecule has 46 heavy (non-hydrogen) atoms. The van der Waals surface area contributed by atoms with Crippen LogP contribution in [0.4, 0.5) is 5.95 Å². The second-order valence-corrected chi connectivity index (χ2v) is 12.7. The fraction of sp³-hybridized carbons (Fsp3) is 0.500. The first-order chi connectivity index (χ1) is 21.6. The van der Waals surface area contributed by atoms with Crippen LogP contribution in [0.25, 0.3) is 22.3 Å². The van der Waals surface area contributed by atoms with Crippen LogP contribution >= 0.6 is 15.6 Å². The maximum Gasteiger partial charge on any atom is 0.472 e. The third kappa shape index (κ3) is 6.14. The molecule has 4 aromatic rings. The Kier molecular flexibility index (Phi) is 8.43. The number of anilines is 1. The molecule has 0 radical (unpaired) electrons. The van der Waals surface area contributed by atoms with Crippen LogP contribution in [0.3, 0.4) is 0 Å². The summed E-state index contributed by atoms with van der Waals surface area (Å²) in [6.45, 7) is -1.82. The van der Waals surface area contributed by atoms with Gasteiger partial charge < -0.3 is 50.2 Å². The number of ether oxygens (including phenoxy) is 2. The molecule has 250 valence electrons. The Labute approximate surface area is 253 Å². The predicted molar refractivity (Wildman–Crippen MR) is 145 cm³/mol. The summed E-state index contributed by atoms with van der Waals surface area (Å²) in [5.41, 5.74) is 3.83. The number of aliphatic hydroxyl groups is 3. The summed E-state index contributed by atoms with van der Waals surface area (Å²) in [4.78, 5) is 73.2. The number of nitrogens with zero attached hydrogens (tertiary/aromatic N) is 6. The lowest BCUT2D eigenvalue weighted by atomic mass is 10.1. The van der Waals surface area contributed by atoms with Gasteiger partial charge in [0.1, 0.15) is 36.6 Å². The second kappa shape index (κ2) is 12.0. The van der Waals surface area contributed by atoms with Crippen molar-refractivity contribution in [3.8, 4) is 0 Å². The highest BCUT2D eigenvalue weighted by Gasteiger charge is 2.51. The standard InChI is InChI=1S/C20H25N9O15P2/c21-20-26-15-9(17(34)27-20)25-5-29(15)18-11(31)10(30)6(42-18)1-41-46(38,39)44-13-7(2-40-45(35,36)37)43-19(12(13)32)28-4-24-8-14(28)22-3-23-16(8)33/h3-7,10-13,18-19,30-32H,1-2H2,(H,38,39)(H,22,23,33)(H2,35,36,37)(H3,21,26,27,34)/t6-,7-,10-,11-,12-,13-,18-,19-/m1/s1. The van der Waals surface area contributed by atoms with Gasteiger partial charge in [-0.25, -0.2) is 24.1 Å². The molecular formula is C20H25N9O15P2. The third-order valence-electron chi connectivity index (χ3n) is 7.07. The normalized spacial score (nSPS) is 30.0. The van der Waals surface area contributed by atoms with Gasteiger partial charge in [0.15, 0.2) is 34.8 Å². The van der Waals surface area contributed by atoms with Crippen molar-refractivity contribution in [2.45, 2.75) is 49.1 Å². The average molecular weight is 693 g/mol. The van der Waals surface area contributed by atoms with E-state index in [2.05, 4.69) is 34.4 Å². The van der Waals surface area contributed by atoms with Crippen LogP contribution in [-0.2, 0) is 32.2 Å². The van der Waals surface area contributed by atoms with Crippen LogP contribution in [0, 0.1) is 0 Å². The second-order valence-electron chi connectivity index (χ2n) is 10.1. The molecule has 6 heterocycles. The van der Waals surface area contributed by atoms with Crippen LogP contribution < -0.4 is 16.9 Å². The van der Waals surface area contributed by atoms with Crippen LogP contribution in [0.15, 0.2) is 28.6 Å². The molecule has 2 aliphatic rings. The topological polar surface area (TPSA) is 355 Å². The number of phosphoric ester groups is 2. The van der Waals surface area contributed by atoms with Gasteiger partial charge in [-0.2, -0.15) is 4.98 Å². The predicted octanol–water partition coefficient (Wildman–Crippen LogP) is -3.68. The molecule has 26 heteroatoms. The summed E-state index contributed by atoms with van der Waals surface area (Å²) >= 11 is 0. The molecule has 2 fully saturated rings. The number of nitrogens with two attached hydrogens (primary N) is 1. The smallest absolute Gasteiger partial charge is 0.387 e. The molecule has 10 N–H and O–H groups in total. The van der Waals surface area contributed by atoms with E-state index in [4.69, 9.17) is 34.0 Å². The fourth-order valence-electron chi connectivity index (χ4n) is 5.01. The van der Waals surface area contributed by atoms with Gasteiger partial charge in [-0.05, 0) is 0 Å². The van der Waals surface area contributed by atoms with Gasteiger partial charge in [0.05, 0.1) is 32.2 Å². The highest BCUT2D eigenvalue weighted by Crippen LogP contribution is 2.50. The number of aliphatic hydroxyl groups excluding tert-OH is 3. The number of hydrogen-bond acceptors (Lipinski definition) is 17. The SMILES string of the molecule is Nc1nc2c(ncn2[C@@H]2O[C@H](COP(=O)(O)O[C@H]3[C@@H](O)[C@H](n4cnc5c(=O)[nH]cnc54)O[C@@H]3COP(=O)(O)O)[C@@H](O)[C@H]2O)c(=O)[nH]1. The molecule has 0 saturated carbocycles. The van der Waals surface area contributed by atoms with E-state index in [0.29, 0.717) is 0 Å². The van der Waals surface area contributed by atoms with Crippen LogP contribution in [0.1, 0.15) is 12.5 Å². The highest BCUT2D eigenvalue weighted by atomic mass is 31.2. The number of imidazole rings is 2. The Morgan fingerprint density at radius 3 is 2.15 bits per heavy atom. The summed E-state index contributed by atoms with van der Waals surface area (Å²) in [5, 5.41) is 32.2. The Morgan fingerprint density at radius 1 is 0.848 bits per heavy atom. The minimum absolute atomic E-state index is 0.0693. The molecule has 0 spiro atoms. The number of H-pyrrole nitrogens is 2. The molecular weight excluding hydrogens is 668 g/mol. The first kappa shape index (κ1) is 32.5. The van der Waals surface area contributed by atoms with Crippen molar-refractivity contribution in [2.24, 2.45) is 0 Å². The van der Waals surface area contributed by atoms with Crippen molar-refractivity contribution >= 4 is 43.9 Å². The average Bonchev–Trinajstić information content (AvgIpc) is 3.73. The lowest BCUT2D eigenvalue weighted by molar-refractivity contribution is -0.0582. The molecule has 2 saturated heterocycles. The van der Waals surface area contributed by atoms with E-state index in [1.165, 1.54) is 0 Å². The van der Waals surface area contributed by atoms with Crippen molar-refractivity contribution < 1.29 is 62.2 Å². The lowest BCUT2D eigenvalue weighted by Crippen LogP contribution is -2.37. The zero-order chi connectivity index (χ0) is 33.1. The molecule has 1 unspecified atom stereocenters. The van der Waals surface area contributed by atoms with Gasteiger partial charge in [0, 0.05) is 0 Å². The Hall–Kier alpha value is -3.48. The molecule has 0 aromatic carbocycles. The first-order valence-corrected chi connectivity index (χ1v) is 16.0. The molecule has 6 rings (SSSR count). The summed E-state index contributed by atoms with van der Waals surface area (Å²) in [7, 11) is -10.3. The molecule has 2 aliphatic heterocycles. The molecule has 4 aromatic heterocycles. The summed E-state index contributed by atoms with van der Waals surface area (Å²) in [6, 6.07) is 0. The highest BCUT2D eigenvalue weighted by molar-refractivity contribution is 7.47. The maximum absolute atomic E-state index is 13.0. The van der Waals surface area contributed by atoms with Crippen molar-refractivity contribution in [2.75, 3.05) is 18.9 Å². The molecule has 0 amide bonds. The number of nitrogen functional groups attached to an aromatic ring is 1. The fourth-order valence-corrected chi connectivity index (χ4v) is 6.32. The van der Waals surface area contributed by atoms with Gasteiger partial charge >= 0.3 is 15.6 Å². The zero-order valence-electron chi connectivity index (χ0n) is 22.8. The minimum atomic E-state index is -5.22. The van der Waals surface area contributed by atoms with Crippen molar-refractivity contribution in [3.05, 3.63) is 39.7 Å². The van der Waals surface area contributed by atoms with Gasteiger partial charge in [-0.3, -0.25) is 37.3 Å². The lowest BCUT2D eigenvalue weighted by Gasteiger charge is -2.24. The summed E-state index contributed by atoms with van der Waals surface area (Å²) in [6.07, 6.45) is -9.83.